The Kier molecular flexibility index (Phi) is 8.46. The molecule has 1 fully saturated rings. The van der Waals surface area contributed by atoms with E-state index in [2.05, 4.69) is 37.4 Å². The number of anilines is 1. The lowest BCUT2D eigenvalue weighted by Gasteiger charge is -2.24. The molecule has 0 bridgehead atoms. The van der Waals surface area contributed by atoms with Crippen LogP contribution in [0.5, 0.6) is 0 Å². The average Bonchev–Trinajstić information content (AvgIpc) is 3.64. The van der Waals surface area contributed by atoms with Gasteiger partial charge in [0.05, 0.1) is 5.39 Å². The maximum atomic E-state index is 13.4. The van der Waals surface area contributed by atoms with Gasteiger partial charge < -0.3 is 15.0 Å². The number of carbonyl (C=O) groups excluding carboxylic acids is 1. The fourth-order valence-corrected chi connectivity index (χ4v) is 6.09. The molecule has 3 N–H and O–H groups in total. The molecule has 226 valence electrons. The smallest absolute Gasteiger partial charge is 0.434 e. The lowest BCUT2D eigenvalue weighted by atomic mass is 10.0. The van der Waals surface area contributed by atoms with Crippen LogP contribution in [0.15, 0.2) is 40.9 Å². The van der Waals surface area contributed by atoms with Crippen molar-refractivity contribution in [2.24, 2.45) is 0 Å². The molecule has 1 atom stereocenters. The van der Waals surface area contributed by atoms with Crippen molar-refractivity contribution >= 4 is 40.2 Å². The van der Waals surface area contributed by atoms with Gasteiger partial charge in [0.1, 0.15) is 22.0 Å². The highest BCUT2D eigenvalue weighted by atomic mass is 32.1. The molecule has 0 radical (unpaired) electrons. The van der Waals surface area contributed by atoms with E-state index in [9.17, 15) is 32.7 Å². The molecule has 1 aliphatic rings. The summed E-state index contributed by atoms with van der Waals surface area (Å²) >= 11 is 0.756. The van der Waals surface area contributed by atoms with Crippen LogP contribution in [0, 0.1) is 0 Å². The summed E-state index contributed by atoms with van der Waals surface area (Å²) in [6, 6.07) is 2.45. The standard InChI is InChI=1S/C28H28F3N7O4S/c1-3-32-27(42)36-22-9-17(25-35-21(14-43-25)28(29,30)31)19(11-33-22)15-8-18-23(39)20(26(40)41)13-38(24(18)34-10-15)12-16-6-5-7-37(16)4-2/h8-11,13-14,16H,3-7,12H2,1-2H3,(H,40,41)(H2,32,33,36,42)/t16-/m0/s1. The number of halogens is 3. The molecule has 0 spiro atoms. The summed E-state index contributed by atoms with van der Waals surface area (Å²) < 4.78 is 41.9. The number of hydrogen-bond acceptors (Lipinski definition) is 8. The number of hydrogen-bond donors (Lipinski definition) is 3. The van der Waals surface area contributed by atoms with Crippen LogP contribution in [-0.4, -0.2) is 67.2 Å². The molecule has 0 saturated carbocycles. The van der Waals surface area contributed by atoms with Crippen LogP contribution >= 0.6 is 11.3 Å². The normalized spacial score (nSPS) is 15.6. The minimum atomic E-state index is -4.67. The first-order valence-electron chi connectivity index (χ1n) is 13.6. The molecule has 5 heterocycles. The molecule has 43 heavy (non-hydrogen) atoms. The van der Waals surface area contributed by atoms with Crippen LogP contribution < -0.4 is 16.1 Å². The molecule has 2 amide bonds. The number of amides is 2. The van der Waals surface area contributed by atoms with Crippen molar-refractivity contribution in [2.45, 2.75) is 45.5 Å². The van der Waals surface area contributed by atoms with Crippen LogP contribution in [0.1, 0.15) is 42.7 Å². The quantitative estimate of drug-likeness (QED) is 0.254. The maximum absolute atomic E-state index is 13.4. The molecule has 1 saturated heterocycles. The first-order valence-corrected chi connectivity index (χ1v) is 14.5. The van der Waals surface area contributed by atoms with Crippen molar-refractivity contribution in [3.63, 3.8) is 0 Å². The van der Waals surface area contributed by atoms with Gasteiger partial charge in [0.2, 0.25) is 5.43 Å². The predicted molar refractivity (Wildman–Crippen MR) is 155 cm³/mol. The number of carboxylic acids is 1. The number of nitrogens with zero attached hydrogens (tertiary/aromatic N) is 5. The van der Waals surface area contributed by atoms with Gasteiger partial charge in [0, 0.05) is 59.8 Å². The average molecular weight is 616 g/mol. The lowest BCUT2D eigenvalue weighted by Crippen LogP contribution is -2.33. The molecule has 4 aromatic heterocycles. The molecule has 5 rings (SSSR count). The highest BCUT2D eigenvalue weighted by molar-refractivity contribution is 7.13. The zero-order chi connectivity index (χ0) is 30.9. The SMILES string of the molecule is CCNC(=O)Nc1cc(-c2nc(C(F)(F)F)cs2)c(-c2cnc3c(c2)c(=O)c(C(=O)O)cn3C[C@@H]2CCCN2CC)cn1. The van der Waals surface area contributed by atoms with Crippen LogP contribution in [0.4, 0.5) is 23.8 Å². The highest BCUT2D eigenvalue weighted by Crippen LogP contribution is 2.38. The number of carboxylic acid groups (broad SMARTS) is 1. The number of carbonyl (C=O) groups is 2. The van der Waals surface area contributed by atoms with E-state index in [0.29, 0.717) is 29.9 Å². The molecule has 0 unspecified atom stereocenters. The Hall–Kier alpha value is -4.37. The molecular formula is C28H28F3N7O4S. The Bertz CT molecular complexity index is 1750. The van der Waals surface area contributed by atoms with Gasteiger partial charge in [0.15, 0.2) is 5.69 Å². The molecule has 11 nitrogen and oxygen atoms in total. The van der Waals surface area contributed by atoms with Crippen molar-refractivity contribution in [2.75, 3.05) is 25.0 Å². The van der Waals surface area contributed by atoms with Gasteiger partial charge in [-0.05, 0) is 45.0 Å². The van der Waals surface area contributed by atoms with Crippen molar-refractivity contribution in [1.29, 1.82) is 0 Å². The summed E-state index contributed by atoms with van der Waals surface area (Å²) in [4.78, 5) is 52.3. The molecule has 4 aromatic rings. The van der Waals surface area contributed by atoms with E-state index >= 15 is 0 Å². The zero-order valence-electron chi connectivity index (χ0n) is 23.2. The van der Waals surface area contributed by atoms with Crippen LogP contribution in [0.3, 0.4) is 0 Å². The highest BCUT2D eigenvalue weighted by Gasteiger charge is 2.34. The van der Waals surface area contributed by atoms with Gasteiger partial charge >= 0.3 is 18.2 Å². The number of likely N-dealkylation sites (N-methyl/N-ethyl adjacent to an activating group) is 1. The first-order chi connectivity index (χ1) is 20.5. The largest absolute Gasteiger partial charge is 0.477 e. The molecule has 15 heteroatoms. The van der Waals surface area contributed by atoms with Crippen LogP contribution in [0.25, 0.3) is 32.7 Å². The number of rotatable bonds is 8. The fourth-order valence-electron chi connectivity index (χ4n) is 5.24. The third-order valence-corrected chi connectivity index (χ3v) is 8.15. The summed E-state index contributed by atoms with van der Waals surface area (Å²) in [6.07, 6.45) is 1.37. The monoisotopic (exact) mass is 615 g/mol. The Morgan fingerprint density at radius 3 is 2.63 bits per heavy atom. The topological polar surface area (TPSA) is 142 Å². The van der Waals surface area contributed by atoms with E-state index in [1.54, 1.807) is 11.5 Å². The van der Waals surface area contributed by atoms with Gasteiger partial charge in [-0.1, -0.05) is 6.92 Å². The summed E-state index contributed by atoms with van der Waals surface area (Å²) in [7, 11) is 0. The number of likely N-dealkylation sites (tertiary alicyclic amines) is 1. The second kappa shape index (κ2) is 12.1. The Labute approximate surface area is 247 Å². The van der Waals surface area contributed by atoms with Gasteiger partial charge in [-0.25, -0.2) is 24.5 Å². The molecule has 0 aliphatic carbocycles. The number of pyridine rings is 3. The molecule has 1 aliphatic heterocycles. The van der Waals surface area contributed by atoms with Gasteiger partial charge in [-0.15, -0.1) is 11.3 Å². The van der Waals surface area contributed by atoms with Gasteiger partial charge in [-0.3, -0.25) is 15.0 Å². The number of aromatic nitrogens is 4. The van der Waals surface area contributed by atoms with Crippen molar-refractivity contribution in [3.05, 3.63) is 57.6 Å². The van der Waals surface area contributed by atoms with E-state index in [0.717, 1.165) is 42.6 Å². The van der Waals surface area contributed by atoms with Crippen LogP contribution in [-0.2, 0) is 12.7 Å². The third kappa shape index (κ3) is 6.22. The number of alkyl halides is 3. The second-order valence-corrected chi connectivity index (χ2v) is 10.8. The molecular weight excluding hydrogens is 587 g/mol. The third-order valence-electron chi connectivity index (χ3n) is 7.27. The number of aromatic carboxylic acids is 1. The van der Waals surface area contributed by atoms with E-state index in [1.807, 2.05) is 0 Å². The Morgan fingerprint density at radius 2 is 1.95 bits per heavy atom. The van der Waals surface area contributed by atoms with Gasteiger partial charge in [0.25, 0.3) is 0 Å². The number of fused-ring (bicyclic) bond motifs is 1. The zero-order valence-corrected chi connectivity index (χ0v) is 24.1. The minimum absolute atomic E-state index is 0.00126. The molecule has 0 aromatic carbocycles. The first kappa shape index (κ1) is 30.1. The van der Waals surface area contributed by atoms with Crippen molar-refractivity contribution in [3.8, 4) is 21.7 Å². The van der Waals surface area contributed by atoms with Crippen LogP contribution in [0.2, 0.25) is 0 Å². The van der Waals surface area contributed by atoms with Gasteiger partial charge in [-0.2, -0.15) is 13.2 Å². The van der Waals surface area contributed by atoms with Crippen molar-refractivity contribution < 1.29 is 27.9 Å². The van der Waals surface area contributed by atoms with E-state index < -0.39 is 34.9 Å². The Balaban J connectivity index is 1.65. The lowest BCUT2D eigenvalue weighted by molar-refractivity contribution is -0.140. The summed E-state index contributed by atoms with van der Waals surface area (Å²) in [5, 5.41) is 15.8. The number of urea groups is 1. The maximum Gasteiger partial charge on any atom is 0.434 e. The second-order valence-electron chi connectivity index (χ2n) is 9.98. The van der Waals surface area contributed by atoms with E-state index in [1.165, 1.54) is 30.7 Å². The number of nitrogens with one attached hydrogen (secondary N) is 2. The number of thiazole rings is 1. The summed E-state index contributed by atoms with van der Waals surface area (Å²) in [5.74, 6) is -1.31. The van der Waals surface area contributed by atoms with Crippen molar-refractivity contribution in [1.82, 2.24) is 29.7 Å². The predicted octanol–water partition coefficient (Wildman–Crippen LogP) is 4.92. The summed E-state index contributed by atoms with van der Waals surface area (Å²) in [5.41, 5.74) is -1.12. The Morgan fingerprint density at radius 1 is 1.16 bits per heavy atom. The fraction of sp³-hybridized carbons (Fsp3) is 0.357. The minimum Gasteiger partial charge on any atom is -0.477 e. The van der Waals surface area contributed by atoms with E-state index in [4.69, 9.17) is 0 Å². The summed E-state index contributed by atoms with van der Waals surface area (Å²) in [6.45, 7) is 6.31. The van der Waals surface area contributed by atoms with E-state index in [-0.39, 0.29) is 27.8 Å².